The van der Waals surface area contributed by atoms with Gasteiger partial charge in [0, 0.05) is 25.7 Å². The summed E-state index contributed by atoms with van der Waals surface area (Å²) in [6, 6.07) is 0.503. The number of hydrogen-bond donors (Lipinski definition) is 1. The van der Waals surface area contributed by atoms with Gasteiger partial charge in [0.1, 0.15) is 0 Å². The number of rotatable bonds is 2. The SMILES string of the molecule is CC1=C(C)CN(CC2CC(N)C2)CC1. The molecular weight excluding hydrogens is 172 g/mol. The largest absolute Gasteiger partial charge is 0.328 e. The Morgan fingerprint density at radius 2 is 2.00 bits per heavy atom. The van der Waals surface area contributed by atoms with Crippen molar-refractivity contribution in [3.8, 4) is 0 Å². The van der Waals surface area contributed by atoms with Crippen LogP contribution in [0.2, 0.25) is 0 Å². The summed E-state index contributed by atoms with van der Waals surface area (Å²) in [5.74, 6) is 0.885. The number of nitrogens with zero attached hydrogens (tertiary/aromatic N) is 1. The van der Waals surface area contributed by atoms with E-state index in [0.717, 1.165) is 5.92 Å². The van der Waals surface area contributed by atoms with E-state index in [0.29, 0.717) is 6.04 Å². The number of hydrogen-bond acceptors (Lipinski definition) is 2. The lowest BCUT2D eigenvalue weighted by Gasteiger charge is -2.38. The molecule has 1 heterocycles. The van der Waals surface area contributed by atoms with Crippen LogP contribution < -0.4 is 5.73 Å². The van der Waals surface area contributed by atoms with E-state index in [1.54, 1.807) is 11.1 Å². The van der Waals surface area contributed by atoms with Crippen LogP contribution in [0.1, 0.15) is 33.1 Å². The van der Waals surface area contributed by atoms with Gasteiger partial charge < -0.3 is 5.73 Å². The van der Waals surface area contributed by atoms with Crippen molar-refractivity contribution in [3.05, 3.63) is 11.1 Å². The predicted octanol–water partition coefficient (Wildman–Crippen LogP) is 1.77. The van der Waals surface area contributed by atoms with Gasteiger partial charge >= 0.3 is 0 Å². The Morgan fingerprint density at radius 3 is 2.57 bits per heavy atom. The maximum absolute atomic E-state index is 5.80. The summed E-state index contributed by atoms with van der Waals surface area (Å²) in [5.41, 5.74) is 8.98. The van der Waals surface area contributed by atoms with Gasteiger partial charge in [-0.15, -0.1) is 0 Å². The molecule has 0 aromatic rings. The maximum atomic E-state index is 5.80. The Kier molecular flexibility index (Phi) is 2.93. The molecule has 14 heavy (non-hydrogen) atoms. The predicted molar refractivity (Wildman–Crippen MR) is 60.1 cm³/mol. The monoisotopic (exact) mass is 194 g/mol. The Balaban J connectivity index is 1.78. The highest BCUT2D eigenvalue weighted by atomic mass is 15.1. The molecule has 0 unspecified atom stereocenters. The molecule has 1 aliphatic heterocycles. The fourth-order valence-electron chi connectivity index (χ4n) is 2.55. The van der Waals surface area contributed by atoms with Crippen LogP contribution in [-0.4, -0.2) is 30.6 Å². The molecule has 0 atom stereocenters. The highest BCUT2D eigenvalue weighted by molar-refractivity contribution is 5.14. The second kappa shape index (κ2) is 4.03. The molecule has 0 aromatic heterocycles. The van der Waals surface area contributed by atoms with Gasteiger partial charge in [-0.1, -0.05) is 11.1 Å². The van der Waals surface area contributed by atoms with Crippen LogP contribution in [-0.2, 0) is 0 Å². The molecule has 2 nitrogen and oxygen atoms in total. The smallest absolute Gasteiger partial charge is 0.0192 e. The van der Waals surface area contributed by atoms with Crippen LogP contribution in [0.25, 0.3) is 0 Å². The fourth-order valence-corrected chi connectivity index (χ4v) is 2.55. The molecule has 0 radical (unpaired) electrons. The van der Waals surface area contributed by atoms with Crippen LogP contribution in [0, 0.1) is 5.92 Å². The first-order valence-electron chi connectivity index (χ1n) is 5.78. The summed E-state index contributed by atoms with van der Waals surface area (Å²) >= 11 is 0. The minimum atomic E-state index is 0.503. The van der Waals surface area contributed by atoms with Gasteiger partial charge in [-0.3, -0.25) is 4.90 Å². The molecule has 2 heteroatoms. The van der Waals surface area contributed by atoms with E-state index in [1.165, 1.54) is 38.9 Å². The standard InChI is InChI=1S/C12H22N2/c1-9-3-4-14(7-10(9)2)8-11-5-12(13)6-11/h11-12H,3-8,13H2,1-2H3. The van der Waals surface area contributed by atoms with Gasteiger partial charge in [0.05, 0.1) is 0 Å². The van der Waals surface area contributed by atoms with Gasteiger partial charge in [-0.05, 0) is 39.0 Å². The van der Waals surface area contributed by atoms with Gasteiger partial charge in [-0.2, -0.15) is 0 Å². The van der Waals surface area contributed by atoms with E-state index in [1.807, 2.05) is 0 Å². The zero-order valence-electron chi connectivity index (χ0n) is 9.42. The molecule has 2 rings (SSSR count). The second-order valence-electron chi connectivity index (χ2n) is 5.14. The van der Waals surface area contributed by atoms with Crippen molar-refractivity contribution in [1.82, 2.24) is 4.90 Å². The average Bonchev–Trinajstić information content (AvgIpc) is 2.09. The zero-order valence-corrected chi connectivity index (χ0v) is 9.42. The van der Waals surface area contributed by atoms with Gasteiger partial charge in [0.25, 0.3) is 0 Å². The van der Waals surface area contributed by atoms with Crippen LogP contribution in [0.15, 0.2) is 11.1 Å². The topological polar surface area (TPSA) is 29.3 Å². The van der Waals surface area contributed by atoms with E-state index < -0.39 is 0 Å². The maximum Gasteiger partial charge on any atom is 0.0192 e. The molecule has 0 bridgehead atoms. The summed E-state index contributed by atoms with van der Waals surface area (Å²) in [6.45, 7) is 8.27. The normalized spacial score (nSPS) is 34.5. The summed E-state index contributed by atoms with van der Waals surface area (Å²) in [7, 11) is 0. The highest BCUT2D eigenvalue weighted by Gasteiger charge is 2.28. The molecule has 0 spiro atoms. The fraction of sp³-hybridized carbons (Fsp3) is 0.833. The lowest BCUT2D eigenvalue weighted by Crippen LogP contribution is -2.44. The van der Waals surface area contributed by atoms with Crippen LogP contribution >= 0.6 is 0 Å². The molecule has 0 saturated heterocycles. The first-order valence-corrected chi connectivity index (χ1v) is 5.78. The summed E-state index contributed by atoms with van der Waals surface area (Å²) in [5, 5.41) is 0. The van der Waals surface area contributed by atoms with Crippen molar-refractivity contribution in [1.29, 1.82) is 0 Å². The Bertz CT molecular complexity index is 239. The molecule has 2 N–H and O–H groups in total. The Hall–Kier alpha value is -0.340. The van der Waals surface area contributed by atoms with Crippen LogP contribution in [0.4, 0.5) is 0 Å². The van der Waals surface area contributed by atoms with E-state index in [4.69, 9.17) is 5.73 Å². The van der Waals surface area contributed by atoms with E-state index in [9.17, 15) is 0 Å². The Labute approximate surface area is 87.2 Å². The third-order valence-corrected chi connectivity index (χ3v) is 3.78. The minimum absolute atomic E-state index is 0.503. The summed E-state index contributed by atoms with van der Waals surface area (Å²) < 4.78 is 0. The first-order chi connectivity index (χ1) is 6.65. The molecule has 0 amide bonds. The van der Waals surface area contributed by atoms with E-state index >= 15 is 0 Å². The van der Waals surface area contributed by atoms with Crippen molar-refractivity contribution in [2.24, 2.45) is 11.7 Å². The number of nitrogens with two attached hydrogens (primary N) is 1. The van der Waals surface area contributed by atoms with Crippen molar-refractivity contribution in [2.45, 2.75) is 39.2 Å². The van der Waals surface area contributed by atoms with Crippen molar-refractivity contribution >= 4 is 0 Å². The summed E-state index contributed by atoms with van der Waals surface area (Å²) in [6.07, 6.45) is 3.76. The second-order valence-corrected chi connectivity index (χ2v) is 5.14. The van der Waals surface area contributed by atoms with Gasteiger partial charge in [0.15, 0.2) is 0 Å². The molecular formula is C12H22N2. The summed E-state index contributed by atoms with van der Waals surface area (Å²) in [4.78, 5) is 2.60. The van der Waals surface area contributed by atoms with Crippen LogP contribution in [0.3, 0.4) is 0 Å². The lowest BCUT2D eigenvalue weighted by molar-refractivity contribution is 0.164. The highest BCUT2D eigenvalue weighted by Crippen LogP contribution is 2.28. The molecule has 1 aliphatic carbocycles. The molecule has 1 saturated carbocycles. The first kappa shape index (κ1) is 10.2. The third kappa shape index (κ3) is 2.18. The minimum Gasteiger partial charge on any atom is -0.328 e. The third-order valence-electron chi connectivity index (χ3n) is 3.78. The van der Waals surface area contributed by atoms with Crippen molar-refractivity contribution < 1.29 is 0 Å². The van der Waals surface area contributed by atoms with Gasteiger partial charge in [-0.25, -0.2) is 0 Å². The van der Waals surface area contributed by atoms with E-state index in [-0.39, 0.29) is 0 Å². The van der Waals surface area contributed by atoms with E-state index in [2.05, 4.69) is 18.7 Å². The lowest BCUT2D eigenvalue weighted by atomic mass is 9.80. The van der Waals surface area contributed by atoms with Crippen molar-refractivity contribution in [3.63, 3.8) is 0 Å². The quantitative estimate of drug-likeness (QED) is 0.679. The zero-order chi connectivity index (χ0) is 10.1. The van der Waals surface area contributed by atoms with Crippen molar-refractivity contribution in [2.75, 3.05) is 19.6 Å². The van der Waals surface area contributed by atoms with Crippen LogP contribution in [0.5, 0.6) is 0 Å². The average molecular weight is 194 g/mol. The molecule has 0 aromatic carbocycles. The molecule has 2 aliphatic rings. The van der Waals surface area contributed by atoms with Gasteiger partial charge in [0.2, 0.25) is 0 Å². The molecule has 1 fully saturated rings. The molecule has 80 valence electrons. The Morgan fingerprint density at radius 1 is 1.29 bits per heavy atom.